The van der Waals surface area contributed by atoms with Crippen LogP contribution in [0.15, 0.2) is 24.4 Å². The third-order valence-corrected chi connectivity index (χ3v) is 4.38. The van der Waals surface area contributed by atoms with Gasteiger partial charge in [0, 0.05) is 23.6 Å². The molecule has 1 aromatic carbocycles. The molecular formula is C20H29N3O2. The third-order valence-electron chi connectivity index (χ3n) is 4.38. The highest BCUT2D eigenvalue weighted by Gasteiger charge is 2.22. The SMILES string of the molecule is CCC(C)COc1cc(C(N)=O)ccc1Cc1c[nH]nc1C(C)(C)C. The lowest BCUT2D eigenvalue weighted by Crippen LogP contribution is -2.15. The third kappa shape index (κ3) is 4.84. The molecule has 3 N–H and O–H groups in total. The first-order chi connectivity index (χ1) is 11.7. The molecule has 0 saturated heterocycles. The molecule has 1 aromatic heterocycles. The summed E-state index contributed by atoms with van der Waals surface area (Å²) in [6.45, 7) is 11.3. The number of nitrogens with zero attached hydrogens (tertiary/aromatic N) is 1. The Morgan fingerprint density at radius 2 is 2.04 bits per heavy atom. The second kappa shape index (κ2) is 7.72. The first kappa shape index (κ1) is 19.0. The van der Waals surface area contributed by atoms with E-state index in [1.807, 2.05) is 12.3 Å². The summed E-state index contributed by atoms with van der Waals surface area (Å²) in [5, 5.41) is 7.38. The number of nitrogens with one attached hydrogen (secondary N) is 1. The second-order valence-electron chi connectivity index (χ2n) is 7.70. The summed E-state index contributed by atoms with van der Waals surface area (Å²) in [7, 11) is 0. The molecule has 5 heteroatoms. The Labute approximate surface area is 150 Å². The largest absolute Gasteiger partial charge is 0.493 e. The van der Waals surface area contributed by atoms with E-state index in [0.717, 1.165) is 29.0 Å². The predicted molar refractivity (Wildman–Crippen MR) is 100 cm³/mol. The Morgan fingerprint density at radius 1 is 1.32 bits per heavy atom. The van der Waals surface area contributed by atoms with Crippen LogP contribution in [0.5, 0.6) is 5.75 Å². The Balaban J connectivity index is 2.33. The number of benzene rings is 1. The van der Waals surface area contributed by atoms with E-state index in [1.54, 1.807) is 12.1 Å². The van der Waals surface area contributed by atoms with E-state index in [0.29, 0.717) is 24.5 Å². The van der Waals surface area contributed by atoms with Crippen LogP contribution in [0.2, 0.25) is 0 Å². The minimum absolute atomic E-state index is 0.0414. The first-order valence-electron chi connectivity index (χ1n) is 8.81. The van der Waals surface area contributed by atoms with Gasteiger partial charge in [0.1, 0.15) is 5.75 Å². The summed E-state index contributed by atoms with van der Waals surface area (Å²) >= 11 is 0. The number of ether oxygens (including phenoxy) is 1. The van der Waals surface area contributed by atoms with Crippen molar-refractivity contribution in [2.24, 2.45) is 11.7 Å². The Kier molecular flexibility index (Phi) is 5.88. The lowest BCUT2D eigenvalue weighted by Gasteiger charge is -2.19. The van der Waals surface area contributed by atoms with Crippen molar-refractivity contribution in [1.29, 1.82) is 0 Å². The molecule has 5 nitrogen and oxygen atoms in total. The molecule has 0 fully saturated rings. The number of hydrogen-bond acceptors (Lipinski definition) is 3. The summed E-state index contributed by atoms with van der Waals surface area (Å²) in [4.78, 5) is 11.5. The molecule has 25 heavy (non-hydrogen) atoms. The zero-order valence-corrected chi connectivity index (χ0v) is 15.8. The van der Waals surface area contributed by atoms with Crippen LogP contribution in [0.4, 0.5) is 0 Å². The summed E-state index contributed by atoms with van der Waals surface area (Å²) in [6.07, 6.45) is 3.67. The lowest BCUT2D eigenvalue weighted by molar-refractivity contribution is 0.0999. The van der Waals surface area contributed by atoms with E-state index in [-0.39, 0.29) is 5.41 Å². The molecule has 1 amide bonds. The summed E-state index contributed by atoms with van der Waals surface area (Å²) in [6, 6.07) is 5.42. The minimum atomic E-state index is -0.446. The number of aromatic amines is 1. The zero-order chi connectivity index (χ0) is 18.6. The Morgan fingerprint density at radius 3 is 2.64 bits per heavy atom. The van der Waals surface area contributed by atoms with Crippen LogP contribution in [0, 0.1) is 5.92 Å². The molecule has 0 radical (unpaired) electrons. The highest BCUT2D eigenvalue weighted by atomic mass is 16.5. The molecule has 0 aliphatic carbocycles. The van der Waals surface area contributed by atoms with E-state index in [4.69, 9.17) is 10.5 Å². The highest BCUT2D eigenvalue weighted by Crippen LogP contribution is 2.29. The summed E-state index contributed by atoms with van der Waals surface area (Å²) < 4.78 is 6.02. The van der Waals surface area contributed by atoms with Crippen LogP contribution in [-0.4, -0.2) is 22.7 Å². The van der Waals surface area contributed by atoms with Gasteiger partial charge >= 0.3 is 0 Å². The molecule has 0 saturated carbocycles. The van der Waals surface area contributed by atoms with Gasteiger partial charge in [0.2, 0.25) is 5.91 Å². The summed E-state index contributed by atoms with van der Waals surface area (Å²) in [5.74, 6) is 0.723. The van der Waals surface area contributed by atoms with Crippen LogP contribution < -0.4 is 10.5 Å². The Hall–Kier alpha value is -2.30. The van der Waals surface area contributed by atoms with Crippen LogP contribution in [0.1, 0.15) is 68.2 Å². The zero-order valence-electron chi connectivity index (χ0n) is 15.8. The molecule has 0 spiro atoms. The van der Waals surface area contributed by atoms with Crippen molar-refractivity contribution in [3.8, 4) is 5.75 Å². The van der Waals surface area contributed by atoms with E-state index in [1.165, 1.54) is 0 Å². The van der Waals surface area contributed by atoms with Gasteiger partial charge in [-0.15, -0.1) is 0 Å². The van der Waals surface area contributed by atoms with E-state index >= 15 is 0 Å². The van der Waals surface area contributed by atoms with Crippen LogP contribution in [-0.2, 0) is 11.8 Å². The van der Waals surface area contributed by atoms with Crippen molar-refractivity contribution in [2.45, 2.75) is 52.9 Å². The average molecular weight is 343 g/mol. The van der Waals surface area contributed by atoms with Gasteiger partial charge in [-0.1, -0.05) is 47.1 Å². The number of amides is 1. The molecule has 1 heterocycles. The van der Waals surface area contributed by atoms with Crippen molar-refractivity contribution in [3.05, 3.63) is 46.8 Å². The predicted octanol–water partition coefficient (Wildman–Crippen LogP) is 3.82. The molecule has 0 bridgehead atoms. The van der Waals surface area contributed by atoms with Gasteiger partial charge in [-0.25, -0.2) is 0 Å². The van der Waals surface area contributed by atoms with Gasteiger partial charge in [-0.2, -0.15) is 5.10 Å². The molecule has 0 aliphatic heterocycles. The standard InChI is InChI=1S/C20H29N3O2/c1-6-13(2)12-25-17-10-15(19(21)24)8-7-14(17)9-16-11-22-23-18(16)20(3,4)5/h7-8,10-11,13H,6,9,12H2,1-5H3,(H2,21,24)(H,22,23). The topological polar surface area (TPSA) is 81.0 Å². The number of primary amides is 1. The maximum atomic E-state index is 11.5. The molecule has 1 unspecified atom stereocenters. The molecular weight excluding hydrogens is 314 g/mol. The van der Waals surface area contributed by atoms with Gasteiger partial charge < -0.3 is 10.5 Å². The van der Waals surface area contributed by atoms with Crippen molar-refractivity contribution < 1.29 is 9.53 Å². The minimum Gasteiger partial charge on any atom is -0.493 e. The number of aromatic nitrogens is 2. The fourth-order valence-corrected chi connectivity index (χ4v) is 2.64. The fourth-order valence-electron chi connectivity index (χ4n) is 2.64. The highest BCUT2D eigenvalue weighted by molar-refractivity contribution is 5.93. The number of hydrogen-bond donors (Lipinski definition) is 2. The number of rotatable bonds is 7. The van der Waals surface area contributed by atoms with E-state index in [2.05, 4.69) is 44.8 Å². The quantitative estimate of drug-likeness (QED) is 0.802. The normalized spacial score (nSPS) is 12.8. The molecule has 1 atom stereocenters. The van der Waals surface area contributed by atoms with Crippen molar-refractivity contribution >= 4 is 5.91 Å². The number of carbonyl (C=O) groups is 1. The van der Waals surface area contributed by atoms with Crippen molar-refractivity contribution in [3.63, 3.8) is 0 Å². The maximum Gasteiger partial charge on any atom is 0.248 e. The average Bonchev–Trinajstić information content (AvgIpc) is 3.01. The monoisotopic (exact) mass is 343 g/mol. The second-order valence-corrected chi connectivity index (χ2v) is 7.70. The van der Waals surface area contributed by atoms with Crippen LogP contribution in [0.25, 0.3) is 0 Å². The van der Waals surface area contributed by atoms with Gasteiger partial charge in [-0.3, -0.25) is 9.89 Å². The van der Waals surface area contributed by atoms with E-state index in [9.17, 15) is 4.79 Å². The molecule has 136 valence electrons. The number of carbonyl (C=O) groups excluding carboxylic acids is 1. The number of H-pyrrole nitrogens is 1. The van der Waals surface area contributed by atoms with Gasteiger partial charge in [-0.05, 0) is 29.2 Å². The van der Waals surface area contributed by atoms with Crippen molar-refractivity contribution in [1.82, 2.24) is 10.2 Å². The van der Waals surface area contributed by atoms with Gasteiger partial charge in [0.25, 0.3) is 0 Å². The first-order valence-corrected chi connectivity index (χ1v) is 8.81. The van der Waals surface area contributed by atoms with Gasteiger partial charge in [0.15, 0.2) is 0 Å². The van der Waals surface area contributed by atoms with Crippen molar-refractivity contribution in [2.75, 3.05) is 6.61 Å². The fraction of sp³-hybridized carbons (Fsp3) is 0.500. The Bertz CT molecular complexity index is 729. The van der Waals surface area contributed by atoms with Crippen LogP contribution >= 0.6 is 0 Å². The van der Waals surface area contributed by atoms with Gasteiger partial charge in [0.05, 0.1) is 12.3 Å². The maximum absolute atomic E-state index is 11.5. The van der Waals surface area contributed by atoms with E-state index < -0.39 is 5.91 Å². The summed E-state index contributed by atoms with van der Waals surface area (Å²) in [5.41, 5.74) is 9.05. The molecule has 2 aromatic rings. The lowest BCUT2D eigenvalue weighted by atomic mass is 9.87. The number of nitrogens with two attached hydrogens (primary N) is 1. The molecule has 2 rings (SSSR count). The molecule has 0 aliphatic rings. The van der Waals surface area contributed by atoms with Crippen LogP contribution in [0.3, 0.4) is 0 Å². The smallest absolute Gasteiger partial charge is 0.248 e.